The van der Waals surface area contributed by atoms with Gasteiger partial charge in [0.15, 0.2) is 5.76 Å². The van der Waals surface area contributed by atoms with Crippen molar-refractivity contribution >= 4 is 22.6 Å². The van der Waals surface area contributed by atoms with Crippen molar-refractivity contribution < 1.29 is 13.7 Å². The van der Waals surface area contributed by atoms with Gasteiger partial charge in [0.25, 0.3) is 0 Å². The molecule has 0 fully saturated rings. The fraction of sp³-hybridized carbons (Fsp3) is 0.278. The second kappa shape index (κ2) is 6.22. The summed E-state index contributed by atoms with van der Waals surface area (Å²) in [4.78, 5) is 13.0. The van der Waals surface area contributed by atoms with E-state index in [0.717, 1.165) is 34.6 Å². The van der Waals surface area contributed by atoms with E-state index in [2.05, 4.69) is 7.05 Å². The van der Waals surface area contributed by atoms with Crippen LogP contribution in [0.1, 0.15) is 22.6 Å². The minimum Gasteiger partial charge on any atom is -0.460 e. The van der Waals surface area contributed by atoms with Gasteiger partial charge in [-0.2, -0.15) is 0 Å². The molecule has 0 bridgehead atoms. The van der Waals surface area contributed by atoms with Crippen LogP contribution in [0.15, 0.2) is 44.0 Å². The molecule has 0 aliphatic heterocycles. The number of fused-ring (bicyclic) bond motifs is 1. The van der Waals surface area contributed by atoms with Gasteiger partial charge in [-0.3, -0.25) is 0 Å². The quantitative estimate of drug-likeness (QED) is 0.747. The van der Waals surface area contributed by atoms with Crippen LogP contribution in [0.4, 0.5) is 0 Å². The van der Waals surface area contributed by atoms with Gasteiger partial charge in [-0.1, -0.05) is 11.6 Å². The van der Waals surface area contributed by atoms with E-state index in [-0.39, 0.29) is 5.63 Å². The lowest BCUT2D eigenvalue weighted by Crippen LogP contribution is -3.06. The third kappa shape index (κ3) is 3.49. The molecule has 1 atom stereocenters. The molecule has 3 aromatic rings. The molecule has 120 valence electrons. The van der Waals surface area contributed by atoms with Crippen molar-refractivity contribution in [1.29, 1.82) is 0 Å². The molecule has 2 aromatic heterocycles. The lowest BCUT2D eigenvalue weighted by molar-refractivity contribution is -0.908. The predicted molar refractivity (Wildman–Crippen MR) is 90.0 cm³/mol. The Bertz CT molecular complexity index is 910. The van der Waals surface area contributed by atoms with Crippen molar-refractivity contribution in [2.75, 3.05) is 7.05 Å². The Morgan fingerprint density at radius 3 is 2.57 bits per heavy atom. The van der Waals surface area contributed by atoms with Crippen molar-refractivity contribution in [3.05, 3.63) is 68.4 Å². The second-order valence-corrected chi connectivity index (χ2v) is 6.42. The number of furan rings is 1. The largest absolute Gasteiger partial charge is 0.460 e. The fourth-order valence-electron chi connectivity index (χ4n) is 2.76. The number of hydrogen-bond donors (Lipinski definition) is 1. The van der Waals surface area contributed by atoms with Crippen LogP contribution in [0, 0.1) is 13.8 Å². The summed E-state index contributed by atoms with van der Waals surface area (Å²) in [5.74, 6) is 1.84. The third-order valence-corrected chi connectivity index (χ3v) is 4.28. The first-order valence-corrected chi connectivity index (χ1v) is 7.89. The highest BCUT2D eigenvalue weighted by molar-refractivity contribution is 6.32. The van der Waals surface area contributed by atoms with E-state index in [9.17, 15) is 4.79 Å². The van der Waals surface area contributed by atoms with Gasteiger partial charge in [-0.15, -0.1) is 0 Å². The highest BCUT2D eigenvalue weighted by Crippen LogP contribution is 2.24. The van der Waals surface area contributed by atoms with Crippen LogP contribution in [-0.4, -0.2) is 7.05 Å². The molecule has 0 radical (unpaired) electrons. The molecule has 0 spiro atoms. The van der Waals surface area contributed by atoms with E-state index >= 15 is 0 Å². The van der Waals surface area contributed by atoms with Crippen molar-refractivity contribution in [2.24, 2.45) is 0 Å². The Kier molecular flexibility index (Phi) is 4.28. The first kappa shape index (κ1) is 15.8. The lowest BCUT2D eigenvalue weighted by Gasteiger charge is -2.14. The van der Waals surface area contributed by atoms with Crippen LogP contribution < -0.4 is 10.5 Å². The maximum absolute atomic E-state index is 11.8. The molecule has 1 unspecified atom stereocenters. The molecule has 5 heteroatoms. The van der Waals surface area contributed by atoms with Crippen LogP contribution in [0.5, 0.6) is 0 Å². The van der Waals surface area contributed by atoms with Crippen LogP contribution in [0.2, 0.25) is 5.02 Å². The molecule has 4 nitrogen and oxygen atoms in total. The maximum atomic E-state index is 11.8. The average Bonchev–Trinajstić information content (AvgIpc) is 2.86. The SMILES string of the molecule is Cc1ccc(C[NH+](C)Cc2cc(=O)oc3cc(C)c(Cl)cc23)o1. The van der Waals surface area contributed by atoms with Gasteiger partial charge in [0.05, 0.1) is 7.05 Å². The van der Waals surface area contributed by atoms with E-state index in [1.54, 1.807) is 6.07 Å². The molecule has 1 aromatic carbocycles. The normalized spacial score (nSPS) is 12.7. The van der Waals surface area contributed by atoms with Gasteiger partial charge in [-0.05, 0) is 43.7 Å². The molecule has 0 aliphatic carbocycles. The lowest BCUT2D eigenvalue weighted by atomic mass is 10.1. The molecular formula is C18H19ClNO3+. The molecule has 0 aliphatic rings. The van der Waals surface area contributed by atoms with Gasteiger partial charge in [0.1, 0.15) is 24.4 Å². The molecule has 3 rings (SSSR count). The number of halogens is 1. The van der Waals surface area contributed by atoms with Crippen LogP contribution >= 0.6 is 11.6 Å². The average molecular weight is 333 g/mol. The Hall–Kier alpha value is -2.04. The third-order valence-electron chi connectivity index (χ3n) is 3.87. The minimum atomic E-state index is -0.337. The minimum absolute atomic E-state index is 0.337. The molecule has 2 heterocycles. The zero-order valence-electron chi connectivity index (χ0n) is 13.4. The topological polar surface area (TPSA) is 47.8 Å². The summed E-state index contributed by atoms with van der Waals surface area (Å²) < 4.78 is 10.9. The first-order valence-electron chi connectivity index (χ1n) is 7.52. The predicted octanol–water partition coefficient (Wildman–Crippen LogP) is 2.87. The Morgan fingerprint density at radius 2 is 1.87 bits per heavy atom. The molecule has 0 amide bonds. The van der Waals surface area contributed by atoms with Gasteiger partial charge >= 0.3 is 5.63 Å². The highest BCUT2D eigenvalue weighted by Gasteiger charge is 2.14. The zero-order chi connectivity index (χ0) is 16.6. The standard InChI is InChI=1S/C18H18ClNO3/c1-11-6-17-15(8-16(11)19)13(7-18(21)23-17)9-20(3)10-14-5-4-12(2)22-14/h4-8H,9-10H2,1-3H3/p+1. The van der Waals surface area contributed by atoms with Crippen molar-refractivity contribution in [2.45, 2.75) is 26.9 Å². The summed E-state index contributed by atoms with van der Waals surface area (Å²) in [6.07, 6.45) is 0. The number of aryl methyl sites for hydroxylation is 2. The highest BCUT2D eigenvalue weighted by atomic mass is 35.5. The Labute approximate surface area is 139 Å². The molecule has 1 N–H and O–H groups in total. The summed E-state index contributed by atoms with van der Waals surface area (Å²) in [6.45, 7) is 5.25. The van der Waals surface area contributed by atoms with E-state index < -0.39 is 0 Å². The second-order valence-electron chi connectivity index (χ2n) is 6.01. The molecule has 0 saturated heterocycles. The van der Waals surface area contributed by atoms with Crippen molar-refractivity contribution in [3.63, 3.8) is 0 Å². The number of rotatable bonds is 4. The summed E-state index contributed by atoms with van der Waals surface area (Å²) in [5, 5.41) is 1.56. The first-order chi connectivity index (χ1) is 10.9. The van der Waals surface area contributed by atoms with Gasteiger partial charge in [0, 0.05) is 22.0 Å². The Morgan fingerprint density at radius 1 is 1.09 bits per heavy atom. The number of nitrogens with one attached hydrogen (secondary N) is 1. The monoisotopic (exact) mass is 332 g/mol. The molecule has 23 heavy (non-hydrogen) atoms. The maximum Gasteiger partial charge on any atom is 0.336 e. The van der Waals surface area contributed by atoms with Crippen LogP contribution in [0.3, 0.4) is 0 Å². The summed E-state index contributed by atoms with van der Waals surface area (Å²) in [5.41, 5.74) is 2.07. The summed E-state index contributed by atoms with van der Waals surface area (Å²) >= 11 is 6.23. The van der Waals surface area contributed by atoms with E-state index in [4.69, 9.17) is 20.4 Å². The van der Waals surface area contributed by atoms with Gasteiger partial charge < -0.3 is 13.7 Å². The van der Waals surface area contributed by atoms with Crippen molar-refractivity contribution in [1.82, 2.24) is 0 Å². The number of benzene rings is 1. The van der Waals surface area contributed by atoms with Crippen LogP contribution in [-0.2, 0) is 13.1 Å². The summed E-state index contributed by atoms with van der Waals surface area (Å²) in [6, 6.07) is 9.17. The number of quaternary nitrogens is 1. The van der Waals surface area contributed by atoms with E-state index in [1.165, 1.54) is 4.90 Å². The van der Waals surface area contributed by atoms with Gasteiger partial charge in [-0.25, -0.2) is 4.79 Å². The van der Waals surface area contributed by atoms with E-state index in [1.807, 2.05) is 38.1 Å². The van der Waals surface area contributed by atoms with E-state index in [0.29, 0.717) is 17.2 Å². The van der Waals surface area contributed by atoms with Crippen molar-refractivity contribution in [3.8, 4) is 0 Å². The van der Waals surface area contributed by atoms with Crippen LogP contribution in [0.25, 0.3) is 11.0 Å². The molecule has 0 saturated carbocycles. The fourth-order valence-corrected chi connectivity index (χ4v) is 2.92. The summed E-state index contributed by atoms with van der Waals surface area (Å²) in [7, 11) is 2.06. The zero-order valence-corrected chi connectivity index (χ0v) is 14.2. The smallest absolute Gasteiger partial charge is 0.336 e. The Balaban J connectivity index is 1.92. The van der Waals surface area contributed by atoms with Gasteiger partial charge in [0.2, 0.25) is 0 Å². The molecular weight excluding hydrogens is 314 g/mol. The number of hydrogen-bond acceptors (Lipinski definition) is 3.